The first-order valence-electron chi connectivity index (χ1n) is 7.79. The van der Waals surface area contributed by atoms with Gasteiger partial charge in [-0.15, -0.1) is 0 Å². The Hall–Kier alpha value is -2.70. The monoisotopic (exact) mass is 332 g/mol. The van der Waals surface area contributed by atoms with Gasteiger partial charge in [0.2, 0.25) is 0 Å². The summed E-state index contributed by atoms with van der Waals surface area (Å²) in [6.07, 6.45) is 0.755. The molecule has 1 aliphatic heterocycles. The van der Waals surface area contributed by atoms with Gasteiger partial charge < -0.3 is 10.1 Å². The van der Waals surface area contributed by atoms with Crippen LogP contribution in [0.1, 0.15) is 47.9 Å². The molecule has 0 bridgehead atoms. The standard InChI is InChI=1S/C17H20N2O5/c1-4-10(2)18-14(20)9-24-17(23)11(3)19-15(21)12-7-5-6-8-13(12)16(19)22/h5-8,10-11H,4,9H2,1-3H3,(H,18,20)/t10-,11-/m0/s1. The van der Waals surface area contributed by atoms with Gasteiger partial charge in [0.15, 0.2) is 6.61 Å². The number of benzene rings is 1. The van der Waals surface area contributed by atoms with Crippen molar-refractivity contribution in [2.75, 3.05) is 6.61 Å². The van der Waals surface area contributed by atoms with Gasteiger partial charge in [-0.2, -0.15) is 0 Å². The summed E-state index contributed by atoms with van der Waals surface area (Å²) in [5.74, 6) is -2.30. The van der Waals surface area contributed by atoms with E-state index in [1.807, 2.05) is 13.8 Å². The molecular formula is C17H20N2O5. The van der Waals surface area contributed by atoms with Crippen LogP contribution in [0, 0.1) is 0 Å². The van der Waals surface area contributed by atoms with Gasteiger partial charge in [-0.3, -0.25) is 19.3 Å². The number of hydrogen-bond acceptors (Lipinski definition) is 5. The largest absolute Gasteiger partial charge is 0.454 e. The van der Waals surface area contributed by atoms with Crippen molar-refractivity contribution in [3.05, 3.63) is 35.4 Å². The third kappa shape index (κ3) is 3.45. The van der Waals surface area contributed by atoms with Gasteiger partial charge in [0.25, 0.3) is 17.7 Å². The molecular weight excluding hydrogens is 312 g/mol. The van der Waals surface area contributed by atoms with Crippen molar-refractivity contribution in [1.82, 2.24) is 10.2 Å². The summed E-state index contributed by atoms with van der Waals surface area (Å²) < 4.78 is 4.92. The highest BCUT2D eigenvalue weighted by Gasteiger charge is 2.41. The van der Waals surface area contributed by atoms with Gasteiger partial charge in [0.05, 0.1) is 11.1 Å². The zero-order valence-electron chi connectivity index (χ0n) is 13.9. The maximum atomic E-state index is 12.3. The third-order valence-electron chi connectivity index (χ3n) is 3.92. The molecule has 1 aromatic carbocycles. The summed E-state index contributed by atoms with van der Waals surface area (Å²) in [6.45, 7) is 4.70. The molecule has 0 saturated carbocycles. The van der Waals surface area contributed by atoms with Gasteiger partial charge in [0, 0.05) is 6.04 Å². The van der Waals surface area contributed by atoms with Gasteiger partial charge >= 0.3 is 5.97 Å². The van der Waals surface area contributed by atoms with Crippen molar-refractivity contribution in [1.29, 1.82) is 0 Å². The summed E-state index contributed by atoms with van der Waals surface area (Å²) in [5.41, 5.74) is 0.522. The second-order valence-electron chi connectivity index (χ2n) is 5.69. The summed E-state index contributed by atoms with van der Waals surface area (Å²) in [7, 11) is 0. The molecule has 1 aliphatic rings. The summed E-state index contributed by atoms with van der Waals surface area (Å²) in [4.78, 5) is 49.2. The van der Waals surface area contributed by atoms with E-state index < -0.39 is 36.3 Å². The van der Waals surface area contributed by atoms with E-state index in [4.69, 9.17) is 4.74 Å². The predicted octanol–water partition coefficient (Wildman–Crippen LogP) is 1.13. The number of nitrogens with zero attached hydrogens (tertiary/aromatic N) is 1. The summed E-state index contributed by atoms with van der Waals surface area (Å²) in [5, 5.41) is 2.66. The smallest absolute Gasteiger partial charge is 0.329 e. The molecule has 0 saturated heterocycles. The number of amides is 3. The summed E-state index contributed by atoms with van der Waals surface area (Å²) >= 11 is 0. The van der Waals surface area contributed by atoms with Crippen LogP contribution in [0.15, 0.2) is 24.3 Å². The van der Waals surface area contributed by atoms with E-state index in [0.29, 0.717) is 0 Å². The van der Waals surface area contributed by atoms with E-state index in [1.54, 1.807) is 12.1 Å². The molecule has 0 radical (unpaired) electrons. The van der Waals surface area contributed by atoms with Crippen LogP contribution in [0.25, 0.3) is 0 Å². The van der Waals surface area contributed by atoms with Crippen LogP contribution < -0.4 is 5.32 Å². The van der Waals surface area contributed by atoms with Crippen molar-refractivity contribution in [2.45, 2.75) is 39.3 Å². The quantitative estimate of drug-likeness (QED) is 0.623. The Morgan fingerprint density at radius 3 is 2.17 bits per heavy atom. The molecule has 7 nitrogen and oxygen atoms in total. The lowest BCUT2D eigenvalue weighted by molar-refractivity contribution is -0.152. The molecule has 1 N–H and O–H groups in total. The van der Waals surface area contributed by atoms with Crippen LogP contribution in [0.2, 0.25) is 0 Å². The number of fused-ring (bicyclic) bond motifs is 1. The second kappa shape index (κ2) is 7.25. The molecule has 0 fully saturated rings. The maximum Gasteiger partial charge on any atom is 0.329 e. The van der Waals surface area contributed by atoms with Gasteiger partial charge in [0.1, 0.15) is 6.04 Å². The summed E-state index contributed by atoms with van der Waals surface area (Å²) in [6, 6.07) is 5.24. The topological polar surface area (TPSA) is 92.8 Å². The lowest BCUT2D eigenvalue weighted by atomic mass is 10.1. The molecule has 1 heterocycles. The van der Waals surface area contributed by atoms with Crippen LogP contribution >= 0.6 is 0 Å². The first kappa shape index (κ1) is 17.7. The minimum atomic E-state index is -1.10. The fraction of sp³-hybridized carbons (Fsp3) is 0.412. The Kier molecular flexibility index (Phi) is 5.33. The van der Waals surface area contributed by atoms with Crippen molar-refractivity contribution < 1.29 is 23.9 Å². The third-order valence-corrected chi connectivity index (χ3v) is 3.92. The molecule has 0 spiro atoms. The Labute approximate surface area is 140 Å². The second-order valence-corrected chi connectivity index (χ2v) is 5.69. The molecule has 0 aliphatic carbocycles. The minimum absolute atomic E-state index is 0.0233. The number of hydrogen-bond donors (Lipinski definition) is 1. The Morgan fingerprint density at radius 2 is 1.67 bits per heavy atom. The lowest BCUT2D eigenvalue weighted by Crippen LogP contribution is -2.45. The zero-order valence-corrected chi connectivity index (χ0v) is 13.9. The van der Waals surface area contributed by atoms with Crippen molar-refractivity contribution in [2.24, 2.45) is 0 Å². The van der Waals surface area contributed by atoms with Gasteiger partial charge in [-0.05, 0) is 32.4 Å². The number of nitrogens with one attached hydrogen (secondary N) is 1. The van der Waals surface area contributed by atoms with Crippen LogP contribution in [0.4, 0.5) is 0 Å². The fourth-order valence-electron chi connectivity index (χ4n) is 2.34. The van der Waals surface area contributed by atoms with E-state index in [2.05, 4.69) is 5.32 Å². The van der Waals surface area contributed by atoms with E-state index in [9.17, 15) is 19.2 Å². The zero-order chi connectivity index (χ0) is 17.9. The van der Waals surface area contributed by atoms with Crippen LogP contribution in [-0.4, -0.2) is 47.3 Å². The Morgan fingerprint density at radius 1 is 1.12 bits per heavy atom. The molecule has 0 aromatic heterocycles. The molecule has 128 valence electrons. The highest BCUT2D eigenvalue weighted by Crippen LogP contribution is 2.24. The first-order chi connectivity index (χ1) is 11.4. The Bertz CT molecular complexity index is 650. The van der Waals surface area contributed by atoms with Crippen molar-refractivity contribution in [3.8, 4) is 0 Å². The van der Waals surface area contributed by atoms with Crippen LogP contribution in [-0.2, 0) is 14.3 Å². The molecule has 7 heteroatoms. The molecule has 3 amide bonds. The van der Waals surface area contributed by atoms with E-state index in [1.165, 1.54) is 19.1 Å². The SMILES string of the molecule is CC[C@H](C)NC(=O)COC(=O)[C@H](C)N1C(=O)c2ccccc2C1=O. The van der Waals surface area contributed by atoms with Gasteiger partial charge in [-0.25, -0.2) is 4.79 Å². The highest BCUT2D eigenvalue weighted by molar-refractivity contribution is 6.22. The maximum absolute atomic E-state index is 12.3. The van der Waals surface area contributed by atoms with E-state index in [0.717, 1.165) is 11.3 Å². The number of esters is 1. The first-order valence-corrected chi connectivity index (χ1v) is 7.79. The number of carbonyl (C=O) groups is 4. The van der Waals surface area contributed by atoms with Crippen molar-refractivity contribution >= 4 is 23.7 Å². The number of imide groups is 1. The number of ether oxygens (including phenoxy) is 1. The lowest BCUT2D eigenvalue weighted by Gasteiger charge is -2.21. The van der Waals surface area contributed by atoms with Crippen LogP contribution in [0.5, 0.6) is 0 Å². The van der Waals surface area contributed by atoms with Crippen LogP contribution in [0.3, 0.4) is 0 Å². The predicted molar refractivity (Wildman–Crippen MR) is 85.3 cm³/mol. The average Bonchev–Trinajstić information content (AvgIpc) is 2.83. The van der Waals surface area contributed by atoms with E-state index in [-0.39, 0.29) is 17.2 Å². The minimum Gasteiger partial charge on any atom is -0.454 e. The van der Waals surface area contributed by atoms with Gasteiger partial charge in [-0.1, -0.05) is 19.1 Å². The molecule has 1 aromatic rings. The highest BCUT2D eigenvalue weighted by atomic mass is 16.5. The number of rotatable bonds is 6. The molecule has 2 atom stereocenters. The Balaban J connectivity index is 1.98. The fourth-order valence-corrected chi connectivity index (χ4v) is 2.34. The normalized spacial score (nSPS) is 15.7. The molecule has 24 heavy (non-hydrogen) atoms. The van der Waals surface area contributed by atoms with Crippen molar-refractivity contribution in [3.63, 3.8) is 0 Å². The number of carbonyl (C=O) groups excluding carboxylic acids is 4. The molecule has 0 unspecified atom stereocenters. The average molecular weight is 332 g/mol. The molecule has 2 rings (SSSR count). The van der Waals surface area contributed by atoms with E-state index >= 15 is 0 Å².